The molecule has 6 rings (SSSR count). The van der Waals surface area contributed by atoms with Crippen molar-refractivity contribution in [3.63, 3.8) is 0 Å². The number of benzene rings is 6. The quantitative estimate of drug-likeness (QED) is 0.0295. The zero-order chi connectivity index (χ0) is 40.2. The molecule has 0 bridgehead atoms. The molecular formula is C34H24ClF6N6NaO8. The smallest absolute Gasteiger partial charge is 0.507 e. The van der Waals surface area contributed by atoms with Gasteiger partial charge in [0.25, 0.3) is 11.4 Å². The van der Waals surface area contributed by atoms with Crippen LogP contribution in [-0.4, -0.2) is 20.1 Å². The summed E-state index contributed by atoms with van der Waals surface area (Å²) in [6, 6.07) is 26.9. The number of nitrogen functional groups attached to an aromatic ring is 1. The van der Waals surface area contributed by atoms with Gasteiger partial charge in [0.2, 0.25) is 0 Å². The second-order valence-electron chi connectivity index (χ2n) is 10.4. The van der Waals surface area contributed by atoms with Gasteiger partial charge >= 0.3 is 41.9 Å². The minimum absolute atomic E-state index is 0. The van der Waals surface area contributed by atoms with Gasteiger partial charge < -0.3 is 26.1 Å². The van der Waals surface area contributed by atoms with Gasteiger partial charge in [-0.25, -0.2) is 0 Å². The number of fused-ring (bicyclic) bond motifs is 2. The van der Waals surface area contributed by atoms with Crippen LogP contribution in [0.5, 0.6) is 11.5 Å². The number of nitro benzene ring substituents is 2. The molecule has 0 aliphatic rings. The van der Waals surface area contributed by atoms with E-state index in [2.05, 4.69) is 10.2 Å². The number of rotatable bonds is 4. The molecular weight excluding hydrogens is 793 g/mol. The minimum Gasteiger partial charge on any atom is -0.507 e. The van der Waals surface area contributed by atoms with Crippen molar-refractivity contribution in [2.75, 3.05) is 5.73 Å². The van der Waals surface area contributed by atoms with E-state index in [1.54, 1.807) is 30.3 Å². The van der Waals surface area contributed by atoms with Crippen molar-refractivity contribution in [3.05, 3.63) is 157 Å². The maximum absolute atomic E-state index is 12.7. The molecule has 288 valence electrons. The summed E-state index contributed by atoms with van der Waals surface area (Å²) in [7, 11) is 0. The predicted molar refractivity (Wildman–Crippen MR) is 192 cm³/mol. The molecule has 4 N–H and O–H groups in total. The third-order valence-corrected chi connectivity index (χ3v) is 6.96. The van der Waals surface area contributed by atoms with Crippen molar-refractivity contribution < 1.29 is 76.0 Å². The molecule has 0 unspecified atom stereocenters. The summed E-state index contributed by atoms with van der Waals surface area (Å²) in [4.78, 5) is 27.4. The molecule has 0 fully saturated rings. The number of aromatic hydroxyl groups is 2. The molecule has 22 heteroatoms. The fraction of sp³-hybridized carbons (Fsp3) is 0.0588. The maximum Gasteiger partial charge on any atom is 1.00 e. The first-order chi connectivity index (χ1) is 25.4. The van der Waals surface area contributed by atoms with Crippen LogP contribution < -0.4 is 35.3 Å². The summed E-state index contributed by atoms with van der Waals surface area (Å²) >= 11 is 0. The van der Waals surface area contributed by atoms with Crippen LogP contribution in [0.1, 0.15) is 11.1 Å². The van der Waals surface area contributed by atoms with Gasteiger partial charge in [0.1, 0.15) is 17.2 Å². The number of azo groups is 1. The standard InChI is InChI=1S/C17H10F3N3O3.C10H8O.C7H5F3N2O2.ClH.HNO2.Na/c18-17(19,20)10-5-6-14(15(9-10)23(25)26)22-21-13-7-8-16(24)12-4-2-1-3-11(12)13;11-10-7-3-5-8-4-1-2-6-9(8)10;8-7(9,10)4-1-2-5(11)6(3-4)12(13)14;;2-1-3;/h1-9,24H;1-7,11H;1-3H,11H2;1H;(H,2,3);/q;;;;;+1/p-1. The zero-order valence-electron chi connectivity index (χ0n) is 28.3. The van der Waals surface area contributed by atoms with Crippen LogP contribution in [-0.2, 0) is 12.4 Å². The van der Waals surface area contributed by atoms with E-state index in [4.69, 9.17) is 15.8 Å². The van der Waals surface area contributed by atoms with E-state index in [1.165, 1.54) is 12.1 Å². The Kier molecular flexibility index (Phi) is 18.1. The Bertz CT molecular complexity index is 2330. The number of nitrogens with zero attached hydrogens (tertiary/aromatic N) is 5. The molecule has 0 saturated heterocycles. The van der Waals surface area contributed by atoms with E-state index < -0.39 is 44.7 Å². The zero-order valence-corrected chi connectivity index (χ0v) is 31.1. The van der Waals surface area contributed by atoms with Gasteiger partial charge in [-0.3, -0.25) is 20.2 Å². The average molecular weight is 817 g/mol. The number of nitro groups is 2. The van der Waals surface area contributed by atoms with E-state index in [9.17, 15) is 56.8 Å². The maximum atomic E-state index is 12.7. The summed E-state index contributed by atoms with van der Waals surface area (Å²) in [5.41, 5.74) is 1.08. The minimum atomic E-state index is -4.70. The van der Waals surface area contributed by atoms with Crippen molar-refractivity contribution in [2.24, 2.45) is 15.6 Å². The van der Waals surface area contributed by atoms with Crippen LogP contribution in [0, 0.1) is 30.3 Å². The van der Waals surface area contributed by atoms with Gasteiger partial charge in [0.05, 0.1) is 26.7 Å². The number of anilines is 1. The molecule has 0 amide bonds. The summed E-state index contributed by atoms with van der Waals surface area (Å²) < 4.78 is 74.5. The van der Waals surface area contributed by atoms with Gasteiger partial charge in [-0.1, -0.05) is 60.7 Å². The van der Waals surface area contributed by atoms with E-state index in [1.807, 2.05) is 36.4 Å². The molecule has 0 heterocycles. The summed E-state index contributed by atoms with van der Waals surface area (Å²) in [5.74, 6) is 0.378. The molecule has 0 radical (unpaired) electrons. The van der Waals surface area contributed by atoms with E-state index >= 15 is 0 Å². The molecule has 0 spiro atoms. The Labute approximate surface area is 338 Å². The first-order valence-corrected chi connectivity index (χ1v) is 14.6. The Morgan fingerprint density at radius 3 is 1.55 bits per heavy atom. The second kappa shape index (κ2) is 21.1. The molecule has 0 aliphatic carbocycles. The van der Waals surface area contributed by atoms with Gasteiger partial charge in [-0.15, -0.1) is 28.0 Å². The van der Waals surface area contributed by atoms with Crippen LogP contribution in [0.15, 0.2) is 131 Å². The van der Waals surface area contributed by atoms with Crippen molar-refractivity contribution >= 4 is 62.4 Å². The molecule has 0 atom stereocenters. The number of nitrogens with two attached hydrogens (primary N) is 1. The van der Waals surface area contributed by atoms with E-state index in [0.29, 0.717) is 46.5 Å². The number of halogens is 7. The topological polar surface area (TPSA) is 230 Å². The van der Waals surface area contributed by atoms with Gasteiger partial charge in [-0.2, -0.15) is 26.3 Å². The molecule has 0 saturated carbocycles. The summed E-state index contributed by atoms with van der Waals surface area (Å²) in [6.07, 6.45) is -9.30. The number of phenols is 2. The largest absolute Gasteiger partial charge is 1.00 e. The van der Waals surface area contributed by atoms with Crippen molar-refractivity contribution in [3.8, 4) is 11.5 Å². The van der Waals surface area contributed by atoms with Gasteiger partial charge in [0.15, 0.2) is 5.69 Å². The van der Waals surface area contributed by atoms with Crippen molar-refractivity contribution in [2.45, 2.75) is 12.4 Å². The van der Waals surface area contributed by atoms with Gasteiger partial charge in [0, 0.05) is 28.3 Å². The Morgan fingerprint density at radius 1 is 0.589 bits per heavy atom. The fourth-order valence-corrected chi connectivity index (χ4v) is 4.48. The fourth-order valence-electron chi connectivity index (χ4n) is 4.48. The normalized spacial score (nSPS) is 10.6. The Morgan fingerprint density at radius 2 is 1.02 bits per heavy atom. The number of phenolic OH excluding ortho intramolecular Hbond substituents is 2. The number of alkyl halides is 6. The first-order valence-electron chi connectivity index (χ1n) is 14.6. The monoisotopic (exact) mass is 816 g/mol. The van der Waals surface area contributed by atoms with Gasteiger partial charge in [-0.05, 0) is 47.9 Å². The average Bonchev–Trinajstić information content (AvgIpc) is 3.12. The third-order valence-electron chi connectivity index (χ3n) is 6.96. The van der Waals surface area contributed by atoms with E-state index in [-0.39, 0.29) is 59.1 Å². The molecule has 56 heavy (non-hydrogen) atoms. The number of hydrogen-bond donors (Lipinski definition) is 3. The second-order valence-corrected chi connectivity index (χ2v) is 10.4. The molecule has 6 aromatic rings. The van der Waals surface area contributed by atoms with Crippen LogP contribution in [0.4, 0.5) is 54.8 Å². The molecule has 0 aliphatic heterocycles. The third kappa shape index (κ3) is 13.0. The SMILES string of the molecule is Cl.Nc1ccc(C(F)(F)F)cc1[N+](=O)[O-].O=N[O-].O=[N+]([O-])c1cc(C(F)(F)F)ccc1N=Nc1ccc(O)c2ccccc12.Oc1cccc2ccccc12.[Na+]. The van der Waals surface area contributed by atoms with Crippen molar-refractivity contribution in [1.82, 2.24) is 0 Å². The summed E-state index contributed by atoms with van der Waals surface area (Å²) in [6.45, 7) is 0. The predicted octanol–water partition coefficient (Wildman–Crippen LogP) is 8.31. The molecule has 14 nitrogen and oxygen atoms in total. The Balaban J connectivity index is 0.000000440. The molecule has 0 aromatic heterocycles. The van der Waals surface area contributed by atoms with Crippen LogP contribution in [0.2, 0.25) is 0 Å². The van der Waals surface area contributed by atoms with Crippen LogP contribution in [0.3, 0.4) is 0 Å². The van der Waals surface area contributed by atoms with Crippen LogP contribution >= 0.6 is 12.4 Å². The molecule has 6 aromatic carbocycles. The number of hydrogen-bond acceptors (Lipinski definition) is 12. The van der Waals surface area contributed by atoms with Crippen LogP contribution in [0.25, 0.3) is 21.5 Å². The first kappa shape index (κ1) is 47.9. The van der Waals surface area contributed by atoms with E-state index in [0.717, 1.165) is 28.2 Å². The summed E-state index contributed by atoms with van der Waals surface area (Å²) in [5, 5.41) is 60.2. The van der Waals surface area contributed by atoms with Crippen molar-refractivity contribution in [1.29, 1.82) is 0 Å². The Hall–Kier alpha value is -6.09.